The summed E-state index contributed by atoms with van der Waals surface area (Å²) in [6, 6.07) is -0.793. The number of hydrogen-bond donors (Lipinski definition) is 1. The van der Waals surface area contributed by atoms with Crippen molar-refractivity contribution in [2.24, 2.45) is 0 Å². The van der Waals surface area contributed by atoms with E-state index in [1.54, 1.807) is 5.32 Å². The predicted molar refractivity (Wildman–Crippen MR) is 43.6 cm³/mol. The zero-order valence-electron chi connectivity index (χ0n) is 12.6. The Hall–Kier alpha value is -1.23. The molecule has 1 heterocycles. The van der Waals surface area contributed by atoms with Crippen molar-refractivity contribution in [3.63, 3.8) is 0 Å². The molecule has 1 aliphatic rings. The van der Waals surface area contributed by atoms with E-state index in [-0.39, 0.29) is 6.07 Å². The summed E-state index contributed by atoms with van der Waals surface area (Å²) in [7, 11) is 0. The van der Waals surface area contributed by atoms with Crippen LogP contribution in [0.25, 0.3) is 0 Å². The highest BCUT2D eigenvalue weighted by Gasteiger charge is 2.23. The zero-order valence-corrected chi connectivity index (χ0v) is 6.62. The summed E-state index contributed by atoms with van der Waals surface area (Å²) in [6.45, 7) is -5.49. The molecule has 2 nitrogen and oxygen atoms in total. The van der Waals surface area contributed by atoms with Crippen molar-refractivity contribution in [1.82, 2.24) is 5.32 Å². The molecule has 1 N–H and O–H groups in total. The molecule has 1 aliphatic heterocycles. The van der Waals surface area contributed by atoms with Crippen LogP contribution in [0.2, 0.25) is 0 Å². The van der Waals surface area contributed by atoms with Gasteiger partial charge in [-0.05, 0) is 12.1 Å². The van der Waals surface area contributed by atoms with Gasteiger partial charge in [0.2, 0.25) is 5.82 Å². The molecule has 1 aromatic rings. The van der Waals surface area contributed by atoms with Gasteiger partial charge in [0.1, 0.15) is 6.08 Å². The third-order valence-corrected chi connectivity index (χ3v) is 1.49. The van der Waals surface area contributed by atoms with Gasteiger partial charge in [-0.1, -0.05) is 0 Å². The lowest BCUT2D eigenvalue weighted by molar-refractivity contribution is 0.128. The highest BCUT2D eigenvalue weighted by Crippen LogP contribution is 2.25. The second kappa shape index (κ2) is 3.49. The Labute approximate surface area is 87.1 Å². The molecule has 0 saturated carbocycles. The molecule has 0 bridgehead atoms. The van der Waals surface area contributed by atoms with Crippen molar-refractivity contribution in [3.8, 4) is 5.75 Å². The van der Waals surface area contributed by atoms with E-state index in [0.29, 0.717) is 0 Å². The predicted octanol–water partition coefficient (Wildman–Crippen LogP) is 1.45. The van der Waals surface area contributed by atoms with Gasteiger partial charge in [-0.2, -0.15) is 4.39 Å². The van der Waals surface area contributed by atoms with Gasteiger partial charge in [-0.3, -0.25) is 0 Å². The van der Waals surface area contributed by atoms with Crippen LogP contribution in [0.3, 0.4) is 0 Å². The van der Waals surface area contributed by atoms with Crippen LogP contribution >= 0.6 is 0 Å². The van der Waals surface area contributed by atoms with Crippen LogP contribution in [0.1, 0.15) is 8.22 Å². The third kappa shape index (κ3) is 1.55. The molecule has 0 unspecified atom stereocenters. The second-order valence-corrected chi connectivity index (χ2v) is 2.40. The fourth-order valence-corrected chi connectivity index (χ4v) is 0.820. The summed E-state index contributed by atoms with van der Waals surface area (Å²) >= 11 is 0. The first kappa shape index (κ1) is 4.53. The van der Waals surface area contributed by atoms with E-state index < -0.39 is 48.3 Å². The van der Waals surface area contributed by atoms with Gasteiger partial charge in [0.05, 0.1) is 2.74 Å². The number of benzene rings is 1. The lowest BCUT2D eigenvalue weighted by Gasteiger charge is -2.28. The molecule has 2 rings (SSSR count). The molecule has 1 aromatic carbocycles. The smallest absolute Gasteiger partial charge is 0.203 e. The lowest BCUT2D eigenvalue weighted by Crippen LogP contribution is -2.50. The largest absolute Gasteiger partial charge is 0.482 e. The number of halogens is 3. The summed E-state index contributed by atoms with van der Waals surface area (Å²) in [5, 5.41) is 1.71. The van der Waals surface area contributed by atoms with Crippen LogP contribution in [0.5, 0.6) is 5.75 Å². The zero-order chi connectivity index (χ0) is 15.5. The average molecular weight is 209 g/mol. The summed E-state index contributed by atoms with van der Waals surface area (Å²) in [5.74, 6) is -6.62. The van der Waals surface area contributed by atoms with E-state index >= 15 is 0 Å². The Morgan fingerprint density at radius 3 is 2.86 bits per heavy atom. The van der Waals surface area contributed by atoms with Crippen LogP contribution in [0.4, 0.5) is 13.2 Å². The van der Waals surface area contributed by atoms with Crippen molar-refractivity contribution in [3.05, 3.63) is 29.6 Å². The minimum Gasteiger partial charge on any atom is -0.482 e. The molecular weight excluding hydrogens is 195 g/mol. The Morgan fingerprint density at radius 1 is 1.50 bits per heavy atom. The van der Waals surface area contributed by atoms with Crippen LogP contribution in [0.15, 0.2) is 12.1 Å². The highest BCUT2D eigenvalue weighted by molar-refractivity contribution is 5.27. The number of nitrogens with one attached hydrogen (secondary N) is 1. The molecule has 1 saturated heterocycles. The van der Waals surface area contributed by atoms with E-state index in [0.717, 1.165) is 0 Å². The molecular formula is C9H8F3NO. The molecule has 14 heavy (non-hydrogen) atoms. The Bertz CT molecular complexity index is 567. The fourth-order valence-electron chi connectivity index (χ4n) is 0.820. The second-order valence-electron chi connectivity index (χ2n) is 2.40. The van der Waals surface area contributed by atoms with Crippen molar-refractivity contribution in [1.29, 1.82) is 0 Å². The fraction of sp³-hybridized carbons (Fsp3) is 0.333. The molecule has 0 aliphatic carbocycles. The van der Waals surface area contributed by atoms with Gasteiger partial charge in [-0.25, -0.2) is 8.78 Å². The average Bonchev–Trinajstić information content (AvgIpc) is 2.30. The van der Waals surface area contributed by atoms with Gasteiger partial charge in [0.25, 0.3) is 0 Å². The Kier molecular flexibility index (Phi) is 1.13. The summed E-state index contributed by atoms with van der Waals surface area (Å²) < 4.78 is 88.3. The maximum Gasteiger partial charge on any atom is 0.203 e. The van der Waals surface area contributed by atoms with Gasteiger partial charge in [0, 0.05) is 18.5 Å². The Balaban J connectivity index is 2.48. The van der Waals surface area contributed by atoms with Gasteiger partial charge in [0.15, 0.2) is 17.4 Å². The first-order chi connectivity index (χ1) is 8.93. The number of hydrogen-bond acceptors (Lipinski definition) is 2. The topological polar surface area (TPSA) is 21.3 Å². The van der Waals surface area contributed by atoms with Crippen LogP contribution in [0, 0.1) is 17.5 Å². The van der Waals surface area contributed by atoms with Crippen molar-refractivity contribution in [2.75, 3.05) is 13.0 Å². The minimum atomic E-state index is -3.02. The van der Waals surface area contributed by atoms with Crippen molar-refractivity contribution >= 4 is 0 Å². The van der Waals surface area contributed by atoms with Crippen LogP contribution in [-0.2, 0) is 0 Å². The van der Waals surface area contributed by atoms with Gasteiger partial charge in [-0.15, -0.1) is 0 Å². The Morgan fingerprint density at radius 2 is 2.21 bits per heavy atom. The highest BCUT2D eigenvalue weighted by atomic mass is 19.2. The van der Waals surface area contributed by atoms with E-state index in [2.05, 4.69) is 4.74 Å². The molecule has 76 valence electrons. The maximum absolute atomic E-state index is 13.5. The molecule has 5 heteroatoms. The van der Waals surface area contributed by atoms with E-state index in [9.17, 15) is 13.2 Å². The maximum atomic E-state index is 13.5. The molecule has 0 spiro atoms. The van der Waals surface area contributed by atoms with Crippen molar-refractivity contribution in [2.45, 2.75) is 6.08 Å². The molecule has 0 radical (unpaired) electrons. The first-order valence-corrected chi connectivity index (χ1v) is 3.55. The van der Waals surface area contributed by atoms with Crippen molar-refractivity contribution < 1.29 is 26.1 Å². The molecule has 0 aromatic heterocycles. The quantitative estimate of drug-likeness (QED) is 0.744. The van der Waals surface area contributed by atoms with E-state index in [1.807, 2.05) is 0 Å². The normalized spacial score (nSPS) is 32.2. The molecule has 0 atom stereocenters. The van der Waals surface area contributed by atoms with E-state index in [4.69, 9.17) is 8.22 Å². The SMILES string of the molecule is [2H]c1cc(F)c(OC2([2H])C([2H])([2H])NC2([2H])[2H])c(F)c1F. The van der Waals surface area contributed by atoms with E-state index in [1.165, 1.54) is 0 Å². The summed E-state index contributed by atoms with van der Waals surface area (Å²) in [4.78, 5) is 0. The minimum absolute atomic E-state index is 0.286. The number of rotatable bonds is 2. The summed E-state index contributed by atoms with van der Waals surface area (Å²) in [6.07, 6.45) is -3.02. The van der Waals surface area contributed by atoms with Crippen LogP contribution in [-0.4, -0.2) is 19.1 Å². The van der Waals surface area contributed by atoms with Gasteiger partial charge >= 0.3 is 0 Å². The third-order valence-electron chi connectivity index (χ3n) is 1.49. The van der Waals surface area contributed by atoms with Gasteiger partial charge < -0.3 is 10.1 Å². The van der Waals surface area contributed by atoms with Crippen LogP contribution < -0.4 is 10.1 Å². The first-order valence-electron chi connectivity index (χ1n) is 6.55. The lowest BCUT2D eigenvalue weighted by atomic mass is 10.2. The molecule has 0 amide bonds. The molecule has 1 fully saturated rings. The monoisotopic (exact) mass is 209 g/mol. The summed E-state index contributed by atoms with van der Waals surface area (Å²) in [5.41, 5.74) is 0. The standard InChI is InChI=1S/C9H8F3NO/c10-6-1-2-7(11)9(8(6)12)14-5-3-13-4-5/h1-2,5,13H,3-4H2/i1D,3D2,4D2,5D. The number of ether oxygens (including phenoxy) is 1.